The van der Waals surface area contributed by atoms with Crippen molar-refractivity contribution in [2.24, 2.45) is 0 Å². The van der Waals surface area contributed by atoms with Gasteiger partial charge in [0.1, 0.15) is 5.75 Å². The third kappa shape index (κ3) is 3.48. The highest BCUT2D eigenvalue weighted by atomic mass is 16.5. The van der Waals surface area contributed by atoms with E-state index in [0.717, 1.165) is 52.4 Å². The number of rotatable bonds is 5. The van der Waals surface area contributed by atoms with Crippen LogP contribution in [0.15, 0.2) is 55.0 Å². The highest BCUT2D eigenvalue weighted by Gasteiger charge is 2.22. The number of amides is 1. The molecule has 4 rings (SSSR count). The Morgan fingerprint density at radius 3 is 2.79 bits per heavy atom. The smallest absolute Gasteiger partial charge is 0.227 e. The molecule has 0 N–H and O–H groups in total. The van der Waals surface area contributed by atoms with Crippen LogP contribution in [-0.2, 0) is 4.79 Å². The topological polar surface area (TPSA) is 55.3 Å². The first kappa shape index (κ1) is 18.2. The lowest BCUT2D eigenvalue weighted by Crippen LogP contribution is -2.23. The Labute approximate surface area is 165 Å². The van der Waals surface area contributed by atoms with Gasteiger partial charge >= 0.3 is 0 Å². The van der Waals surface area contributed by atoms with Crippen LogP contribution in [0.3, 0.4) is 0 Å². The molecular formula is C23H23N3O2. The lowest BCUT2D eigenvalue weighted by molar-refractivity contribution is -0.117. The Bertz CT molecular complexity index is 1020. The average molecular weight is 373 g/mol. The normalized spacial score (nSPS) is 13.8. The maximum absolute atomic E-state index is 12.2. The first-order valence-electron chi connectivity index (χ1n) is 9.62. The molecule has 0 radical (unpaired) electrons. The van der Waals surface area contributed by atoms with Crippen molar-refractivity contribution < 1.29 is 9.53 Å². The summed E-state index contributed by atoms with van der Waals surface area (Å²) < 4.78 is 5.84. The highest BCUT2D eigenvalue weighted by Crippen LogP contribution is 2.35. The Morgan fingerprint density at radius 1 is 1.14 bits per heavy atom. The van der Waals surface area contributed by atoms with Gasteiger partial charge in [-0.05, 0) is 55.7 Å². The van der Waals surface area contributed by atoms with Crippen molar-refractivity contribution >= 4 is 11.6 Å². The summed E-state index contributed by atoms with van der Waals surface area (Å²) in [6, 6.07) is 12.1. The van der Waals surface area contributed by atoms with Gasteiger partial charge in [0.05, 0.1) is 18.5 Å². The van der Waals surface area contributed by atoms with Gasteiger partial charge in [-0.1, -0.05) is 12.1 Å². The third-order valence-corrected chi connectivity index (χ3v) is 5.02. The van der Waals surface area contributed by atoms with Crippen LogP contribution in [0.25, 0.3) is 22.4 Å². The number of nitrogens with zero attached hydrogens (tertiary/aromatic N) is 3. The fraction of sp³-hybridized carbons (Fsp3) is 0.261. The fourth-order valence-electron chi connectivity index (χ4n) is 3.58. The number of aromatic nitrogens is 2. The van der Waals surface area contributed by atoms with Crippen molar-refractivity contribution in [1.82, 2.24) is 9.97 Å². The van der Waals surface area contributed by atoms with Gasteiger partial charge in [-0.15, -0.1) is 0 Å². The molecule has 3 heterocycles. The SMILES string of the molecule is CCOc1cnc(-c2cnccc2C)cc1-c1cccc(N2CCCC2=O)c1. The van der Waals surface area contributed by atoms with Crippen LogP contribution in [0.2, 0.25) is 0 Å². The molecule has 142 valence electrons. The number of aryl methyl sites for hydroxylation is 1. The standard InChI is InChI=1S/C23H23N3O2/c1-3-28-22-15-25-21(20-14-24-10-9-16(20)2)13-19(22)17-6-4-7-18(12-17)26-11-5-8-23(26)27/h4,6-7,9-10,12-15H,3,5,8,11H2,1-2H3. The van der Waals surface area contributed by atoms with Crippen molar-refractivity contribution in [2.75, 3.05) is 18.1 Å². The minimum absolute atomic E-state index is 0.184. The molecule has 0 atom stereocenters. The maximum atomic E-state index is 12.2. The molecule has 1 aliphatic rings. The van der Waals surface area contributed by atoms with E-state index in [0.29, 0.717) is 13.0 Å². The molecule has 1 fully saturated rings. The van der Waals surface area contributed by atoms with Gasteiger partial charge in [0.25, 0.3) is 0 Å². The zero-order valence-electron chi connectivity index (χ0n) is 16.2. The van der Waals surface area contributed by atoms with Crippen LogP contribution in [0.4, 0.5) is 5.69 Å². The van der Waals surface area contributed by atoms with E-state index in [4.69, 9.17) is 4.74 Å². The number of benzene rings is 1. The van der Waals surface area contributed by atoms with E-state index in [9.17, 15) is 4.79 Å². The number of hydrogen-bond donors (Lipinski definition) is 0. The van der Waals surface area contributed by atoms with E-state index in [1.165, 1.54) is 0 Å². The summed E-state index contributed by atoms with van der Waals surface area (Å²) in [5, 5.41) is 0. The molecule has 1 amide bonds. The minimum atomic E-state index is 0.184. The van der Waals surface area contributed by atoms with E-state index in [2.05, 4.69) is 23.0 Å². The second kappa shape index (κ2) is 7.80. The lowest BCUT2D eigenvalue weighted by atomic mass is 10.0. The van der Waals surface area contributed by atoms with Gasteiger partial charge in [-0.25, -0.2) is 0 Å². The van der Waals surface area contributed by atoms with E-state index in [1.807, 2.05) is 48.4 Å². The second-order valence-corrected chi connectivity index (χ2v) is 6.89. The molecule has 5 nitrogen and oxygen atoms in total. The van der Waals surface area contributed by atoms with Gasteiger partial charge in [-0.2, -0.15) is 0 Å². The van der Waals surface area contributed by atoms with Gasteiger partial charge in [0, 0.05) is 42.2 Å². The van der Waals surface area contributed by atoms with Gasteiger partial charge in [-0.3, -0.25) is 14.8 Å². The van der Waals surface area contributed by atoms with Gasteiger partial charge in [0.15, 0.2) is 0 Å². The number of pyridine rings is 2. The first-order chi connectivity index (χ1) is 13.7. The maximum Gasteiger partial charge on any atom is 0.227 e. The van der Waals surface area contributed by atoms with Crippen molar-refractivity contribution in [1.29, 1.82) is 0 Å². The van der Waals surface area contributed by atoms with Crippen molar-refractivity contribution in [3.8, 4) is 28.1 Å². The molecule has 0 aliphatic carbocycles. The van der Waals surface area contributed by atoms with E-state index >= 15 is 0 Å². The molecule has 3 aromatic rings. The predicted molar refractivity (Wildman–Crippen MR) is 110 cm³/mol. The molecule has 0 spiro atoms. The van der Waals surface area contributed by atoms with Crippen LogP contribution in [-0.4, -0.2) is 29.0 Å². The Balaban J connectivity index is 1.80. The number of carbonyl (C=O) groups is 1. The van der Waals surface area contributed by atoms with Crippen LogP contribution in [0.1, 0.15) is 25.3 Å². The summed E-state index contributed by atoms with van der Waals surface area (Å²) in [5.41, 5.74) is 5.87. The van der Waals surface area contributed by atoms with E-state index in [-0.39, 0.29) is 5.91 Å². The van der Waals surface area contributed by atoms with Crippen LogP contribution in [0, 0.1) is 6.92 Å². The third-order valence-electron chi connectivity index (χ3n) is 5.02. The Kier molecular flexibility index (Phi) is 5.06. The average Bonchev–Trinajstić information content (AvgIpc) is 3.15. The summed E-state index contributed by atoms with van der Waals surface area (Å²) >= 11 is 0. The predicted octanol–water partition coefficient (Wildman–Crippen LogP) is 4.64. The van der Waals surface area contributed by atoms with E-state index in [1.54, 1.807) is 12.4 Å². The van der Waals surface area contributed by atoms with Crippen molar-refractivity contribution in [2.45, 2.75) is 26.7 Å². The Morgan fingerprint density at radius 2 is 2.04 bits per heavy atom. The molecule has 0 bridgehead atoms. The molecule has 28 heavy (non-hydrogen) atoms. The fourth-order valence-corrected chi connectivity index (χ4v) is 3.58. The summed E-state index contributed by atoms with van der Waals surface area (Å²) in [6.45, 7) is 5.35. The van der Waals surface area contributed by atoms with Crippen LogP contribution in [0.5, 0.6) is 5.75 Å². The zero-order chi connectivity index (χ0) is 19.5. The van der Waals surface area contributed by atoms with Gasteiger partial charge < -0.3 is 9.64 Å². The van der Waals surface area contributed by atoms with Crippen LogP contribution < -0.4 is 9.64 Å². The quantitative estimate of drug-likeness (QED) is 0.653. The van der Waals surface area contributed by atoms with Crippen LogP contribution >= 0.6 is 0 Å². The molecule has 1 aromatic carbocycles. The number of ether oxygens (including phenoxy) is 1. The minimum Gasteiger partial charge on any atom is -0.492 e. The molecule has 1 saturated heterocycles. The molecule has 0 saturated carbocycles. The summed E-state index contributed by atoms with van der Waals surface area (Å²) in [4.78, 5) is 22.9. The number of carbonyl (C=O) groups excluding carboxylic acids is 1. The summed E-state index contributed by atoms with van der Waals surface area (Å²) in [6.07, 6.45) is 6.92. The second-order valence-electron chi connectivity index (χ2n) is 6.89. The Hall–Kier alpha value is -3.21. The van der Waals surface area contributed by atoms with E-state index < -0.39 is 0 Å². The van der Waals surface area contributed by atoms with Crippen molar-refractivity contribution in [3.05, 3.63) is 60.6 Å². The monoisotopic (exact) mass is 373 g/mol. The molecule has 0 unspecified atom stereocenters. The first-order valence-corrected chi connectivity index (χ1v) is 9.62. The van der Waals surface area contributed by atoms with Gasteiger partial charge in [0.2, 0.25) is 5.91 Å². The number of anilines is 1. The largest absolute Gasteiger partial charge is 0.492 e. The molecule has 2 aromatic heterocycles. The molecule has 1 aliphatic heterocycles. The molecule has 5 heteroatoms. The highest BCUT2D eigenvalue weighted by molar-refractivity contribution is 5.96. The number of hydrogen-bond acceptors (Lipinski definition) is 4. The summed E-state index contributed by atoms with van der Waals surface area (Å²) in [5.74, 6) is 0.918. The lowest BCUT2D eigenvalue weighted by Gasteiger charge is -2.18. The summed E-state index contributed by atoms with van der Waals surface area (Å²) in [7, 11) is 0. The zero-order valence-corrected chi connectivity index (χ0v) is 16.2. The molecular weight excluding hydrogens is 350 g/mol. The van der Waals surface area contributed by atoms with Crippen molar-refractivity contribution in [3.63, 3.8) is 0 Å².